The molecule has 0 aliphatic rings. The van der Waals surface area contributed by atoms with Crippen molar-refractivity contribution in [1.29, 1.82) is 0 Å². The van der Waals surface area contributed by atoms with E-state index in [0.29, 0.717) is 11.4 Å². The molecule has 114 valence electrons. The summed E-state index contributed by atoms with van der Waals surface area (Å²) in [6.45, 7) is 0.872. The molecule has 0 aliphatic heterocycles. The first-order valence-corrected chi connectivity index (χ1v) is 7.93. The molecule has 0 spiro atoms. The van der Waals surface area contributed by atoms with Gasteiger partial charge in [0.15, 0.2) is 0 Å². The summed E-state index contributed by atoms with van der Waals surface area (Å²) in [5.74, 6) is 0.966. The maximum absolute atomic E-state index is 9.13. The zero-order chi connectivity index (χ0) is 15.5. The monoisotopic (exact) mass is 334 g/mol. The van der Waals surface area contributed by atoms with Crippen LogP contribution in [0.4, 0.5) is 0 Å². The molecule has 0 bridgehead atoms. The standard InChI is InChI=1S/C17H16Cl2N2O/c18-13-4-2-12(3-5-13)10-17-20-15-7-6-14(19)11-16(15)21(17)8-1-9-22/h2-7,11,22H,1,8-10H2. The minimum Gasteiger partial charge on any atom is -0.396 e. The molecular formula is C17H16Cl2N2O. The van der Waals surface area contributed by atoms with E-state index in [0.717, 1.165) is 40.4 Å². The second-order valence-electron chi connectivity index (χ2n) is 5.19. The predicted octanol–water partition coefficient (Wildman–Crippen LogP) is 4.32. The summed E-state index contributed by atoms with van der Waals surface area (Å²) in [5, 5.41) is 10.5. The number of imidazole rings is 1. The fraction of sp³-hybridized carbons (Fsp3) is 0.235. The normalized spacial score (nSPS) is 11.2. The van der Waals surface area contributed by atoms with E-state index >= 15 is 0 Å². The highest BCUT2D eigenvalue weighted by molar-refractivity contribution is 6.31. The SMILES string of the molecule is OCCCn1c(Cc2ccc(Cl)cc2)nc2ccc(Cl)cc21. The van der Waals surface area contributed by atoms with Crippen LogP contribution in [0.2, 0.25) is 10.0 Å². The Hall–Kier alpha value is -1.55. The molecule has 0 saturated carbocycles. The van der Waals surface area contributed by atoms with E-state index < -0.39 is 0 Å². The molecule has 0 atom stereocenters. The zero-order valence-electron chi connectivity index (χ0n) is 12.0. The quantitative estimate of drug-likeness (QED) is 0.754. The molecule has 22 heavy (non-hydrogen) atoms. The number of nitrogens with zero attached hydrogens (tertiary/aromatic N) is 2. The molecule has 5 heteroatoms. The van der Waals surface area contributed by atoms with Gasteiger partial charge in [0.05, 0.1) is 11.0 Å². The van der Waals surface area contributed by atoms with E-state index in [4.69, 9.17) is 33.3 Å². The van der Waals surface area contributed by atoms with Crippen molar-refractivity contribution in [3.05, 3.63) is 63.9 Å². The molecule has 2 aromatic carbocycles. The first-order chi connectivity index (χ1) is 10.7. The molecule has 0 radical (unpaired) electrons. The molecule has 0 saturated heterocycles. The summed E-state index contributed by atoms with van der Waals surface area (Å²) in [7, 11) is 0. The second-order valence-corrected chi connectivity index (χ2v) is 6.07. The summed E-state index contributed by atoms with van der Waals surface area (Å²) in [4.78, 5) is 4.71. The number of hydrogen-bond donors (Lipinski definition) is 1. The van der Waals surface area contributed by atoms with E-state index in [9.17, 15) is 0 Å². The van der Waals surface area contributed by atoms with Crippen LogP contribution in [0.15, 0.2) is 42.5 Å². The van der Waals surface area contributed by atoms with E-state index in [2.05, 4.69) is 4.57 Å². The van der Waals surface area contributed by atoms with Gasteiger partial charge in [-0.2, -0.15) is 0 Å². The van der Waals surface area contributed by atoms with Gasteiger partial charge in [-0.3, -0.25) is 0 Å². The molecule has 1 N–H and O–H groups in total. The summed E-state index contributed by atoms with van der Waals surface area (Å²) in [6.07, 6.45) is 1.40. The zero-order valence-corrected chi connectivity index (χ0v) is 13.5. The van der Waals surface area contributed by atoms with Gasteiger partial charge in [0.1, 0.15) is 5.82 Å². The lowest BCUT2D eigenvalue weighted by Gasteiger charge is -2.09. The third-order valence-electron chi connectivity index (χ3n) is 3.60. The topological polar surface area (TPSA) is 38.0 Å². The fourth-order valence-corrected chi connectivity index (χ4v) is 2.84. The van der Waals surface area contributed by atoms with Crippen LogP contribution in [0, 0.1) is 0 Å². The molecule has 3 aromatic rings. The fourth-order valence-electron chi connectivity index (χ4n) is 2.54. The van der Waals surface area contributed by atoms with Gasteiger partial charge >= 0.3 is 0 Å². The maximum atomic E-state index is 9.13. The minimum absolute atomic E-state index is 0.153. The number of halogens is 2. The van der Waals surface area contributed by atoms with E-state index in [1.54, 1.807) is 0 Å². The van der Waals surface area contributed by atoms with Gasteiger partial charge in [0.2, 0.25) is 0 Å². The highest BCUT2D eigenvalue weighted by Gasteiger charge is 2.11. The lowest BCUT2D eigenvalue weighted by Crippen LogP contribution is -2.06. The van der Waals surface area contributed by atoms with Crippen LogP contribution in [0.1, 0.15) is 17.8 Å². The third-order valence-corrected chi connectivity index (χ3v) is 4.09. The van der Waals surface area contributed by atoms with Crippen LogP contribution in [0.5, 0.6) is 0 Å². The number of aliphatic hydroxyl groups excluding tert-OH is 1. The van der Waals surface area contributed by atoms with Crippen molar-refractivity contribution < 1.29 is 5.11 Å². The Balaban J connectivity index is 2.01. The molecule has 1 heterocycles. The predicted molar refractivity (Wildman–Crippen MR) is 90.7 cm³/mol. The van der Waals surface area contributed by atoms with Crippen molar-refractivity contribution in [3.63, 3.8) is 0 Å². The Morgan fingerprint density at radius 2 is 1.73 bits per heavy atom. The largest absolute Gasteiger partial charge is 0.396 e. The summed E-state index contributed by atoms with van der Waals surface area (Å²) >= 11 is 12.0. The number of aryl methyl sites for hydroxylation is 1. The van der Waals surface area contributed by atoms with Crippen molar-refractivity contribution >= 4 is 34.2 Å². The van der Waals surface area contributed by atoms with Gasteiger partial charge in [-0.25, -0.2) is 4.98 Å². The number of benzene rings is 2. The average Bonchev–Trinajstić information content (AvgIpc) is 2.84. The van der Waals surface area contributed by atoms with E-state index in [-0.39, 0.29) is 6.61 Å². The molecule has 3 rings (SSSR count). The van der Waals surface area contributed by atoms with Crippen LogP contribution in [-0.4, -0.2) is 21.3 Å². The summed E-state index contributed by atoms with van der Waals surface area (Å²) < 4.78 is 2.13. The Bertz CT molecular complexity index is 781. The summed E-state index contributed by atoms with van der Waals surface area (Å²) in [6, 6.07) is 13.5. The molecule has 0 aliphatic carbocycles. The second kappa shape index (κ2) is 6.69. The number of rotatable bonds is 5. The first kappa shape index (κ1) is 15.3. The Kier molecular flexibility index (Phi) is 4.67. The van der Waals surface area contributed by atoms with Crippen LogP contribution < -0.4 is 0 Å². The van der Waals surface area contributed by atoms with E-state index in [1.165, 1.54) is 0 Å². The van der Waals surface area contributed by atoms with Crippen LogP contribution >= 0.6 is 23.2 Å². The van der Waals surface area contributed by atoms with Crippen molar-refractivity contribution in [3.8, 4) is 0 Å². The number of aromatic nitrogens is 2. The van der Waals surface area contributed by atoms with Crippen LogP contribution in [0.25, 0.3) is 11.0 Å². The molecular weight excluding hydrogens is 319 g/mol. The van der Waals surface area contributed by atoms with Gasteiger partial charge in [-0.15, -0.1) is 0 Å². The van der Waals surface area contributed by atoms with E-state index in [1.807, 2.05) is 42.5 Å². The Morgan fingerprint density at radius 3 is 2.45 bits per heavy atom. The van der Waals surface area contributed by atoms with Gasteiger partial charge in [-0.1, -0.05) is 35.3 Å². The first-order valence-electron chi connectivity index (χ1n) is 7.17. The molecule has 1 aromatic heterocycles. The summed E-state index contributed by atoms with van der Waals surface area (Å²) in [5.41, 5.74) is 3.08. The Labute approximate surface area is 139 Å². The highest BCUT2D eigenvalue weighted by atomic mass is 35.5. The van der Waals surface area contributed by atoms with Gasteiger partial charge in [0.25, 0.3) is 0 Å². The van der Waals surface area contributed by atoms with Gasteiger partial charge in [-0.05, 0) is 42.3 Å². The van der Waals surface area contributed by atoms with Crippen molar-refractivity contribution in [2.24, 2.45) is 0 Å². The lowest BCUT2D eigenvalue weighted by atomic mass is 10.1. The van der Waals surface area contributed by atoms with Crippen molar-refractivity contribution in [1.82, 2.24) is 9.55 Å². The van der Waals surface area contributed by atoms with Gasteiger partial charge < -0.3 is 9.67 Å². The molecule has 0 fully saturated rings. The lowest BCUT2D eigenvalue weighted by molar-refractivity contribution is 0.280. The third kappa shape index (κ3) is 3.27. The van der Waals surface area contributed by atoms with Crippen LogP contribution in [-0.2, 0) is 13.0 Å². The van der Waals surface area contributed by atoms with Crippen molar-refractivity contribution in [2.45, 2.75) is 19.4 Å². The van der Waals surface area contributed by atoms with Crippen LogP contribution in [0.3, 0.4) is 0 Å². The molecule has 3 nitrogen and oxygen atoms in total. The maximum Gasteiger partial charge on any atom is 0.114 e. The molecule has 0 amide bonds. The smallest absolute Gasteiger partial charge is 0.114 e. The highest BCUT2D eigenvalue weighted by Crippen LogP contribution is 2.23. The number of aliphatic hydroxyl groups is 1. The van der Waals surface area contributed by atoms with Crippen molar-refractivity contribution in [2.75, 3.05) is 6.61 Å². The van der Waals surface area contributed by atoms with Gasteiger partial charge in [0, 0.05) is 29.6 Å². The average molecular weight is 335 g/mol. The number of hydrogen-bond acceptors (Lipinski definition) is 2. The Morgan fingerprint density at radius 1 is 1.00 bits per heavy atom. The molecule has 0 unspecified atom stereocenters. The minimum atomic E-state index is 0.153. The number of fused-ring (bicyclic) bond motifs is 1.